The summed E-state index contributed by atoms with van der Waals surface area (Å²) in [5.41, 5.74) is 2.14. The monoisotopic (exact) mass is 304 g/mol. The molecular formula is C16H24N4O2. The second-order valence-corrected chi connectivity index (χ2v) is 5.63. The van der Waals surface area contributed by atoms with Gasteiger partial charge in [0.15, 0.2) is 0 Å². The van der Waals surface area contributed by atoms with Gasteiger partial charge in [-0.1, -0.05) is 12.1 Å². The molecule has 0 spiro atoms. The number of ether oxygens (including phenoxy) is 1. The van der Waals surface area contributed by atoms with E-state index >= 15 is 0 Å². The molecule has 2 fully saturated rings. The summed E-state index contributed by atoms with van der Waals surface area (Å²) in [6.07, 6.45) is 0. The zero-order valence-corrected chi connectivity index (χ0v) is 13.1. The average molecular weight is 304 g/mol. The second-order valence-electron chi connectivity index (χ2n) is 5.63. The molecule has 2 heterocycles. The third-order valence-corrected chi connectivity index (χ3v) is 4.15. The lowest BCUT2D eigenvalue weighted by molar-refractivity contribution is 0.123. The largest absolute Gasteiger partial charge is 0.395 e. The third kappa shape index (κ3) is 3.18. The van der Waals surface area contributed by atoms with Crippen LogP contribution >= 0.6 is 0 Å². The number of hydrogen-bond donors (Lipinski definition) is 1. The molecule has 2 saturated heterocycles. The number of likely N-dealkylation sites (N-methyl/N-ethyl adjacent to an activating group) is 1. The predicted octanol–water partition coefficient (Wildman–Crippen LogP) is 0.750. The highest BCUT2D eigenvalue weighted by atomic mass is 16.5. The van der Waals surface area contributed by atoms with E-state index in [9.17, 15) is 5.11 Å². The number of nitrogens with zero attached hydrogens (tertiary/aromatic N) is 4. The molecule has 0 saturated carbocycles. The smallest absolute Gasteiger partial charge is 0.201 e. The van der Waals surface area contributed by atoms with Crippen LogP contribution in [0.5, 0.6) is 0 Å². The van der Waals surface area contributed by atoms with Crippen LogP contribution in [0.4, 0.5) is 11.4 Å². The molecule has 3 rings (SSSR count). The number of para-hydroxylation sites is 2. The number of rotatable bonds is 4. The van der Waals surface area contributed by atoms with Crippen molar-refractivity contribution in [3.05, 3.63) is 24.3 Å². The van der Waals surface area contributed by atoms with Crippen molar-refractivity contribution >= 4 is 17.3 Å². The first-order valence-corrected chi connectivity index (χ1v) is 7.87. The number of benzene rings is 1. The molecular weight excluding hydrogens is 280 g/mol. The molecule has 0 aromatic heterocycles. The maximum Gasteiger partial charge on any atom is 0.201 e. The van der Waals surface area contributed by atoms with Crippen LogP contribution in [-0.4, -0.2) is 80.5 Å². The maximum absolute atomic E-state index is 9.22. The molecule has 6 heteroatoms. The third-order valence-electron chi connectivity index (χ3n) is 4.15. The molecule has 0 atom stereocenters. The summed E-state index contributed by atoms with van der Waals surface area (Å²) in [6.45, 7) is 5.97. The van der Waals surface area contributed by atoms with E-state index in [4.69, 9.17) is 9.73 Å². The van der Waals surface area contributed by atoms with Gasteiger partial charge < -0.3 is 24.5 Å². The Kier molecular flexibility index (Phi) is 4.80. The molecule has 0 unspecified atom stereocenters. The molecule has 0 bridgehead atoms. The Hall–Kier alpha value is -1.79. The summed E-state index contributed by atoms with van der Waals surface area (Å²) >= 11 is 0. The molecule has 1 aromatic carbocycles. The van der Waals surface area contributed by atoms with Crippen molar-refractivity contribution in [2.75, 3.05) is 64.5 Å². The summed E-state index contributed by atoms with van der Waals surface area (Å²) in [6, 6.07) is 8.25. The van der Waals surface area contributed by atoms with E-state index in [0.29, 0.717) is 6.54 Å². The van der Waals surface area contributed by atoms with Gasteiger partial charge in [-0.2, -0.15) is 0 Å². The number of β-amino-alcohol motifs (C(OH)–C–C–N with tert-alkyl or cyclic N) is 1. The molecule has 22 heavy (non-hydrogen) atoms. The first-order chi connectivity index (χ1) is 10.8. The van der Waals surface area contributed by atoms with Crippen molar-refractivity contribution in [1.29, 1.82) is 0 Å². The lowest BCUT2D eigenvalue weighted by atomic mass is 10.2. The van der Waals surface area contributed by atoms with Crippen LogP contribution < -0.4 is 4.90 Å². The predicted molar refractivity (Wildman–Crippen MR) is 87.9 cm³/mol. The molecule has 0 aliphatic carbocycles. The zero-order chi connectivity index (χ0) is 15.4. The Bertz CT molecular complexity index is 527. The Labute approximate surface area is 131 Å². The first-order valence-electron chi connectivity index (χ1n) is 7.87. The number of aliphatic hydroxyl groups excluding tert-OH is 1. The quantitative estimate of drug-likeness (QED) is 0.890. The van der Waals surface area contributed by atoms with E-state index in [0.717, 1.165) is 56.7 Å². The Morgan fingerprint density at radius 2 is 1.91 bits per heavy atom. The summed E-state index contributed by atoms with van der Waals surface area (Å²) in [4.78, 5) is 11.5. The van der Waals surface area contributed by atoms with Crippen molar-refractivity contribution in [1.82, 2.24) is 9.80 Å². The number of anilines is 1. The summed E-state index contributed by atoms with van der Waals surface area (Å²) in [5.74, 6) is 0.940. The average Bonchev–Trinajstić information content (AvgIpc) is 2.90. The van der Waals surface area contributed by atoms with Gasteiger partial charge in [0.05, 0.1) is 31.2 Å². The normalized spacial score (nSPS) is 21.0. The van der Waals surface area contributed by atoms with Crippen LogP contribution in [-0.2, 0) is 4.74 Å². The Morgan fingerprint density at radius 3 is 2.68 bits per heavy atom. The van der Waals surface area contributed by atoms with Crippen molar-refractivity contribution in [2.24, 2.45) is 4.99 Å². The van der Waals surface area contributed by atoms with Crippen molar-refractivity contribution in [3.63, 3.8) is 0 Å². The number of morpholine rings is 1. The minimum absolute atomic E-state index is 0.151. The van der Waals surface area contributed by atoms with Gasteiger partial charge in [0.2, 0.25) is 5.96 Å². The van der Waals surface area contributed by atoms with Crippen LogP contribution in [0.2, 0.25) is 0 Å². The van der Waals surface area contributed by atoms with Gasteiger partial charge in [-0.05, 0) is 12.1 Å². The highest BCUT2D eigenvalue weighted by molar-refractivity contribution is 5.86. The van der Waals surface area contributed by atoms with Gasteiger partial charge in [-0.15, -0.1) is 0 Å². The number of hydrogen-bond acceptors (Lipinski definition) is 4. The lowest BCUT2D eigenvalue weighted by Crippen LogP contribution is -2.36. The summed E-state index contributed by atoms with van der Waals surface area (Å²) in [7, 11) is 2.05. The first kappa shape index (κ1) is 15.1. The maximum atomic E-state index is 9.22. The second kappa shape index (κ2) is 6.98. The van der Waals surface area contributed by atoms with E-state index in [1.807, 2.05) is 13.1 Å². The molecule has 6 nitrogen and oxygen atoms in total. The highest BCUT2D eigenvalue weighted by Crippen LogP contribution is 2.30. The Morgan fingerprint density at radius 1 is 1.14 bits per heavy atom. The van der Waals surface area contributed by atoms with Crippen molar-refractivity contribution < 1.29 is 9.84 Å². The molecule has 1 N–H and O–H groups in total. The fourth-order valence-electron chi connectivity index (χ4n) is 2.94. The van der Waals surface area contributed by atoms with Gasteiger partial charge >= 0.3 is 0 Å². The summed E-state index contributed by atoms with van der Waals surface area (Å²) in [5, 5.41) is 9.22. The van der Waals surface area contributed by atoms with Crippen LogP contribution in [0.15, 0.2) is 29.3 Å². The lowest BCUT2D eigenvalue weighted by Gasteiger charge is -2.30. The molecule has 0 amide bonds. The van der Waals surface area contributed by atoms with Crippen LogP contribution in [0.3, 0.4) is 0 Å². The molecule has 0 radical (unpaired) electrons. The number of guanidine groups is 1. The fraction of sp³-hybridized carbons (Fsp3) is 0.562. The standard InChI is InChI=1S/C16H24N4O2/c1-18-6-7-20(8-11-21)16(18)17-14-4-2-3-5-15(14)19-9-12-22-13-10-19/h2-5,21H,6-13H2,1H3/b17-16+. The van der Waals surface area contributed by atoms with Gasteiger partial charge in [0, 0.05) is 39.8 Å². The molecule has 1 aromatic rings. The van der Waals surface area contributed by atoms with E-state index in [-0.39, 0.29) is 6.61 Å². The topological polar surface area (TPSA) is 51.5 Å². The van der Waals surface area contributed by atoms with Gasteiger partial charge in [-0.25, -0.2) is 4.99 Å². The van der Waals surface area contributed by atoms with Gasteiger partial charge in [-0.3, -0.25) is 0 Å². The van der Waals surface area contributed by atoms with Crippen molar-refractivity contribution in [2.45, 2.75) is 0 Å². The minimum Gasteiger partial charge on any atom is -0.395 e. The summed E-state index contributed by atoms with van der Waals surface area (Å²) < 4.78 is 5.44. The minimum atomic E-state index is 0.151. The van der Waals surface area contributed by atoms with Gasteiger partial charge in [0.1, 0.15) is 0 Å². The van der Waals surface area contributed by atoms with Crippen LogP contribution in [0.1, 0.15) is 0 Å². The van der Waals surface area contributed by atoms with E-state index in [1.54, 1.807) is 0 Å². The van der Waals surface area contributed by atoms with Crippen LogP contribution in [0, 0.1) is 0 Å². The highest BCUT2D eigenvalue weighted by Gasteiger charge is 2.24. The Balaban J connectivity index is 1.89. The molecule has 120 valence electrons. The van der Waals surface area contributed by atoms with Crippen molar-refractivity contribution in [3.8, 4) is 0 Å². The van der Waals surface area contributed by atoms with Gasteiger partial charge in [0.25, 0.3) is 0 Å². The van der Waals surface area contributed by atoms with Crippen LogP contribution in [0.25, 0.3) is 0 Å². The molecule has 2 aliphatic rings. The zero-order valence-electron chi connectivity index (χ0n) is 13.1. The SMILES string of the molecule is CN1CCN(CCO)/C1=N/c1ccccc1N1CCOCC1. The number of aliphatic imine (C=N–C) groups is 1. The fourth-order valence-corrected chi connectivity index (χ4v) is 2.94. The molecule has 2 aliphatic heterocycles. The van der Waals surface area contributed by atoms with E-state index in [1.165, 1.54) is 0 Å². The van der Waals surface area contributed by atoms with E-state index < -0.39 is 0 Å². The number of aliphatic hydroxyl groups is 1. The van der Waals surface area contributed by atoms with E-state index in [2.05, 4.69) is 32.9 Å².